The van der Waals surface area contributed by atoms with Crippen LogP contribution in [0.5, 0.6) is 0 Å². The highest BCUT2D eigenvalue weighted by Gasteiger charge is 2.27. The number of aliphatic imine (C=N–C) groups is 1. The Morgan fingerprint density at radius 1 is 1.38 bits per heavy atom. The number of esters is 1. The third kappa shape index (κ3) is 2.43. The van der Waals surface area contributed by atoms with Gasteiger partial charge in [0.25, 0.3) is 0 Å². The van der Waals surface area contributed by atoms with Crippen LogP contribution in [-0.2, 0) is 9.53 Å². The number of nitriles is 1. The van der Waals surface area contributed by atoms with Crippen LogP contribution in [0.4, 0.5) is 0 Å². The van der Waals surface area contributed by atoms with Crippen LogP contribution in [0.1, 0.15) is 17.2 Å². The summed E-state index contributed by atoms with van der Waals surface area (Å²) in [7, 11) is 1.37. The van der Waals surface area contributed by atoms with Gasteiger partial charge in [-0.25, -0.2) is 4.79 Å². The molecule has 1 unspecified atom stereocenters. The first-order chi connectivity index (χ1) is 10.2. The molecule has 0 N–H and O–H groups in total. The summed E-state index contributed by atoms with van der Waals surface area (Å²) in [4.78, 5) is 18.1. The lowest BCUT2D eigenvalue weighted by molar-refractivity contribution is -0.135. The highest BCUT2D eigenvalue weighted by Crippen LogP contribution is 2.28. The number of fused-ring (bicyclic) bond motifs is 1. The van der Waals surface area contributed by atoms with Crippen LogP contribution >= 0.6 is 0 Å². The van der Waals surface area contributed by atoms with Gasteiger partial charge >= 0.3 is 5.97 Å². The van der Waals surface area contributed by atoms with Gasteiger partial charge in [0, 0.05) is 6.20 Å². The number of hydrogen-bond donors (Lipinski definition) is 0. The van der Waals surface area contributed by atoms with Crippen molar-refractivity contribution in [2.75, 3.05) is 13.7 Å². The van der Waals surface area contributed by atoms with E-state index in [0.717, 1.165) is 11.4 Å². The molecule has 104 valence electrons. The van der Waals surface area contributed by atoms with Gasteiger partial charge in [-0.2, -0.15) is 5.26 Å². The van der Waals surface area contributed by atoms with Gasteiger partial charge in [-0.1, -0.05) is 12.1 Å². The van der Waals surface area contributed by atoms with Gasteiger partial charge < -0.3 is 9.64 Å². The molecule has 2 aliphatic rings. The lowest BCUT2D eigenvalue weighted by Gasteiger charge is -2.18. The van der Waals surface area contributed by atoms with Gasteiger partial charge in [0.15, 0.2) is 0 Å². The number of benzene rings is 1. The number of amidine groups is 1. The SMILES string of the molecule is COC(=O)C1=CN2CC(c3ccc(C#N)cc3)N=C2C=C1. The number of methoxy groups -OCH3 is 1. The van der Waals surface area contributed by atoms with E-state index in [2.05, 4.69) is 11.1 Å². The lowest BCUT2D eigenvalue weighted by atomic mass is 10.1. The van der Waals surface area contributed by atoms with Crippen molar-refractivity contribution in [3.63, 3.8) is 0 Å². The van der Waals surface area contributed by atoms with Crippen molar-refractivity contribution in [2.24, 2.45) is 4.99 Å². The van der Waals surface area contributed by atoms with Crippen molar-refractivity contribution in [3.05, 3.63) is 59.3 Å². The van der Waals surface area contributed by atoms with Gasteiger partial charge in [-0.05, 0) is 29.8 Å². The number of carbonyl (C=O) groups is 1. The fraction of sp³-hybridized carbons (Fsp3) is 0.188. The molecule has 1 aromatic carbocycles. The standard InChI is InChI=1S/C16H13N3O2/c1-21-16(20)13-6-7-15-18-14(10-19(15)9-13)12-4-2-11(8-17)3-5-12/h2-7,9,14H,10H2,1H3. The average Bonchev–Trinajstić information content (AvgIpc) is 2.97. The fourth-order valence-corrected chi connectivity index (χ4v) is 2.39. The van der Waals surface area contributed by atoms with Crippen molar-refractivity contribution in [3.8, 4) is 6.07 Å². The van der Waals surface area contributed by atoms with E-state index in [1.807, 2.05) is 23.1 Å². The van der Waals surface area contributed by atoms with Gasteiger partial charge in [0.2, 0.25) is 0 Å². The minimum absolute atomic E-state index is 0.00522. The molecule has 0 fully saturated rings. The van der Waals surface area contributed by atoms with Crippen molar-refractivity contribution in [1.29, 1.82) is 5.26 Å². The molecule has 2 aliphatic heterocycles. The summed E-state index contributed by atoms with van der Waals surface area (Å²) >= 11 is 0. The highest BCUT2D eigenvalue weighted by molar-refractivity contribution is 6.02. The molecule has 0 amide bonds. The Morgan fingerprint density at radius 2 is 2.14 bits per heavy atom. The molecule has 21 heavy (non-hydrogen) atoms. The van der Waals surface area contributed by atoms with Crippen LogP contribution < -0.4 is 0 Å². The molecule has 0 saturated carbocycles. The monoisotopic (exact) mass is 279 g/mol. The van der Waals surface area contributed by atoms with Crippen LogP contribution in [-0.4, -0.2) is 30.4 Å². The average molecular weight is 279 g/mol. The molecule has 0 aliphatic carbocycles. The maximum absolute atomic E-state index is 11.5. The minimum Gasteiger partial charge on any atom is -0.465 e. The Hall–Kier alpha value is -2.87. The summed E-state index contributed by atoms with van der Waals surface area (Å²) in [5, 5.41) is 8.82. The fourth-order valence-electron chi connectivity index (χ4n) is 2.39. The Morgan fingerprint density at radius 3 is 2.81 bits per heavy atom. The van der Waals surface area contributed by atoms with Gasteiger partial charge in [0.05, 0.1) is 36.9 Å². The molecule has 0 spiro atoms. The van der Waals surface area contributed by atoms with E-state index >= 15 is 0 Å². The number of nitrogens with zero attached hydrogens (tertiary/aromatic N) is 3. The van der Waals surface area contributed by atoms with Crippen molar-refractivity contribution in [2.45, 2.75) is 6.04 Å². The lowest BCUT2D eigenvalue weighted by Crippen LogP contribution is -2.25. The van der Waals surface area contributed by atoms with Gasteiger partial charge in [-0.3, -0.25) is 4.99 Å². The largest absolute Gasteiger partial charge is 0.465 e. The second kappa shape index (κ2) is 5.25. The number of carbonyl (C=O) groups excluding carboxylic acids is 1. The molecule has 5 nitrogen and oxygen atoms in total. The number of ether oxygens (including phenoxy) is 1. The molecule has 0 radical (unpaired) electrons. The Bertz CT molecular complexity index is 708. The van der Waals surface area contributed by atoms with Crippen molar-refractivity contribution >= 4 is 11.8 Å². The van der Waals surface area contributed by atoms with E-state index in [-0.39, 0.29) is 12.0 Å². The van der Waals surface area contributed by atoms with E-state index in [0.29, 0.717) is 17.7 Å². The normalized spacial score (nSPS) is 19.4. The molecular weight excluding hydrogens is 266 g/mol. The van der Waals surface area contributed by atoms with Crippen molar-refractivity contribution in [1.82, 2.24) is 4.90 Å². The highest BCUT2D eigenvalue weighted by atomic mass is 16.5. The third-order valence-electron chi connectivity index (χ3n) is 3.50. The van der Waals surface area contributed by atoms with E-state index in [1.54, 1.807) is 24.4 Å². The maximum atomic E-state index is 11.5. The second-order valence-corrected chi connectivity index (χ2v) is 4.80. The van der Waals surface area contributed by atoms with Crippen LogP contribution in [0.25, 0.3) is 0 Å². The summed E-state index contributed by atoms with van der Waals surface area (Å²) in [6.07, 6.45) is 5.28. The second-order valence-electron chi connectivity index (χ2n) is 4.80. The van der Waals surface area contributed by atoms with Crippen LogP contribution in [0.15, 0.2) is 53.2 Å². The van der Waals surface area contributed by atoms with Gasteiger partial charge in [-0.15, -0.1) is 0 Å². The molecule has 5 heteroatoms. The summed E-state index contributed by atoms with van der Waals surface area (Å²) in [6.45, 7) is 0.673. The first kappa shape index (κ1) is 13.1. The zero-order chi connectivity index (χ0) is 14.8. The summed E-state index contributed by atoms with van der Waals surface area (Å²) in [5.74, 6) is 0.476. The summed E-state index contributed by atoms with van der Waals surface area (Å²) in [6, 6.07) is 9.52. The molecule has 0 saturated heterocycles. The number of rotatable bonds is 2. The first-order valence-electron chi connectivity index (χ1n) is 6.54. The number of hydrogen-bond acceptors (Lipinski definition) is 5. The Labute approximate surface area is 122 Å². The van der Waals surface area contributed by atoms with E-state index in [9.17, 15) is 4.79 Å². The topological polar surface area (TPSA) is 65.7 Å². The quantitative estimate of drug-likeness (QED) is 0.776. The summed E-state index contributed by atoms with van der Waals surface area (Å²) < 4.78 is 4.72. The predicted molar refractivity (Wildman–Crippen MR) is 77.3 cm³/mol. The van der Waals surface area contributed by atoms with Crippen LogP contribution in [0.3, 0.4) is 0 Å². The zero-order valence-corrected chi connectivity index (χ0v) is 11.5. The minimum atomic E-state index is -0.355. The first-order valence-corrected chi connectivity index (χ1v) is 6.54. The molecular formula is C16H13N3O2. The molecule has 0 bridgehead atoms. The van der Waals surface area contributed by atoms with Crippen LogP contribution in [0, 0.1) is 11.3 Å². The van der Waals surface area contributed by atoms with E-state index in [4.69, 9.17) is 10.00 Å². The predicted octanol–water partition coefficient (Wildman–Crippen LogP) is 1.94. The Balaban J connectivity index is 1.81. The zero-order valence-electron chi connectivity index (χ0n) is 11.5. The van der Waals surface area contributed by atoms with E-state index < -0.39 is 0 Å². The molecule has 1 aromatic rings. The van der Waals surface area contributed by atoms with Crippen molar-refractivity contribution < 1.29 is 9.53 Å². The maximum Gasteiger partial charge on any atom is 0.339 e. The molecule has 3 rings (SSSR count). The molecule has 0 aromatic heterocycles. The van der Waals surface area contributed by atoms with Gasteiger partial charge in [0.1, 0.15) is 5.84 Å². The Kier molecular flexibility index (Phi) is 3.28. The smallest absolute Gasteiger partial charge is 0.339 e. The summed E-state index contributed by atoms with van der Waals surface area (Å²) in [5.41, 5.74) is 2.20. The van der Waals surface area contributed by atoms with Crippen LogP contribution in [0.2, 0.25) is 0 Å². The third-order valence-corrected chi connectivity index (χ3v) is 3.50. The van der Waals surface area contributed by atoms with E-state index in [1.165, 1.54) is 7.11 Å². The molecule has 2 heterocycles. The molecule has 1 atom stereocenters.